The Morgan fingerprint density at radius 3 is 2.81 bits per heavy atom. The van der Waals surface area contributed by atoms with E-state index in [0.717, 1.165) is 40.9 Å². The van der Waals surface area contributed by atoms with Crippen LogP contribution in [0.3, 0.4) is 0 Å². The van der Waals surface area contributed by atoms with E-state index in [-0.39, 0.29) is 18.7 Å². The van der Waals surface area contributed by atoms with Crippen molar-refractivity contribution >= 4 is 24.0 Å². The van der Waals surface area contributed by atoms with E-state index >= 15 is 0 Å². The molecule has 3 aromatic rings. The number of fused-ring (bicyclic) bond motifs is 2. The van der Waals surface area contributed by atoms with Gasteiger partial charge >= 0.3 is 7.12 Å². The van der Waals surface area contributed by atoms with E-state index in [4.69, 9.17) is 9.15 Å². The maximum atomic E-state index is 12.6. The van der Waals surface area contributed by atoms with Crippen LogP contribution in [0, 0.1) is 5.41 Å². The quantitative estimate of drug-likeness (QED) is 0.535. The molecule has 1 spiro atoms. The Kier molecular flexibility index (Phi) is 5.24. The topological polar surface area (TPSA) is 91.9 Å². The summed E-state index contributed by atoms with van der Waals surface area (Å²) in [5.74, 6) is -0.232. The molecule has 1 fully saturated rings. The van der Waals surface area contributed by atoms with Crippen LogP contribution in [-0.4, -0.2) is 35.6 Å². The molecule has 1 aromatic heterocycles. The van der Waals surface area contributed by atoms with Gasteiger partial charge < -0.3 is 24.5 Å². The lowest BCUT2D eigenvalue weighted by molar-refractivity contribution is -0.120. The van der Waals surface area contributed by atoms with Crippen LogP contribution in [0.1, 0.15) is 36.0 Å². The molecule has 0 radical (unpaired) electrons. The molecule has 1 aliphatic heterocycles. The molecule has 7 heteroatoms. The number of rotatable bonds is 6. The number of carbonyl (C=O) groups is 1. The Morgan fingerprint density at radius 2 is 2.03 bits per heavy atom. The van der Waals surface area contributed by atoms with Crippen LogP contribution in [0.4, 0.5) is 0 Å². The predicted octanol–water partition coefficient (Wildman–Crippen LogP) is 2.82. The van der Waals surface area contributed by atoms with Crippen LogP contribution in [0.25, 0.3) is 11.0 Å². The van der Waals surface area contributed by atoms with Gasteiger partial charge in [0.15, 0.2) is 0 Å². The molecule has 6 nitrogen and oxygen atoms in total. The predicted molar refractivity (Wildman–Crippen MR) is 118 cm³/mol. The van der Waals surface area contributed by atoms with Gasteiger partial charge in [-0.05, 0) is 54.5 Å². The van der Waals surface area contributed by atoms with Crippen molar-refractivity contribution in [1.82, 2.24) is 5.32 Å². The first-order valence-electron chi connectivity index (χ1n) is 10.9. The van der Waals surface area contributed by atoms with Crippen LogP contribution >= 0.6 is 0 Å². The first kappa shape index (κ1) is 20.2. The highest BCUT2D eigenvalue weighted by molar-refractivity contribution is 6.43. The molecule has 2 aliphatic rings. The van der Waals surface area contributed by atoms with Gasteiger partial charge in [0.25, 0.3) is 0 Å². The number of hydrogen-bond acceptors (Lipinski definition) is 5. The number of benzene rings is 2. The molecule has 31 heavy (non-hydrogen) atoms. The lowest BCUT2D eigenvalue weighted by atomic mass is 9.65. The second kappa shape index (κ2) is 8.06. The maximum Gasteiger partial charge on any atom is 0.475 e. The van der Waals surface area contributed by atoms with Crippen LogP contribution < -0.4 is 10.1 Å². The average molecular weight is 419 g/mol. The van der Waals surface area contributed by atoms with Gasteiger partial charge in [0, 0.05) is 10.8 Å². The Labute approximate surface area is 181 Å². The largest absolute Gasteiger partial charge is 0.493 e. The zero-order valence-electron chi connectivity index (χ0n) is 17.3. The van der Waals surface area contributed by atoms with Crippen molar-refractivity contribution in [2.45, 2.75) is 44.5 Å². The van der Waals surface area contributed by atoms with Gasteiger partial charge in [-0.2, -0.15) is 0 Å². The maximum absolute atomic E-state index is 12.6. The molecule has 0 saturated heterocycles. The Balaban J connectivity index is 1.24. The second-order valence-electron chi connectivity index (χ2n) is 8.99. The van der Waals surface area contributed by atoms with E-state index in [9.17, 15) is 14.8 Å². The van der Waals surface area contributed by atoms with E-state index in [0.29, 0.717) is 5.41 Å². The number of ether oxygens (including phenoxy) is 1. The van der Waals surface area contributed by atoms with Gasteiger partial charge in [-0.1, -0.05) is 36.8 Å². The van der Waals surface area contributed by atoms with Crippen LogP contribution in [0.5, 0.6) is 5.75 Å². The fourth-order valence-electron chi connectivity index (χ4n) is 4.78. The third kappa shape index (κ3) is 4.08. The van der Waals surface area contributed by atoms with Gasteiger partial charge in [0.1, 0.15) is 11.3 Å². The van der Waals surface area contributed by atoms with Gasteiger partial charge in [-0.15, -0.1) is 0 Å². The molecule has 0 unspecified atom stereocenters. The zero-order chi connectivity index (χ0) is 21.4. The third-order valence-corrected chi connectivity index (χ3v) is 6.72. The van der Waals surface area contributed by atoms with Gasteiger partial charge in [-0.3, -0.25) is 4.79 Å². The van der Waals surface area contributed by atoms with Crippen molar-refractivity contribution in [3.8, 4) is 5.75 Å². The van der Waals surface area contributed by atoms with Crippen molar-refractivity contribution in [3.63, 3.8) is 0 Å². The number of hydrogen-bond donors (Lipinski definition) is 3. The number of para-hydroxylation sites is 1. The minimum absolute atomic E-state index is 0.150. The highest BCUT2D eigenvalue weighted by Gasteiger charge is 2.41. The zero-order valence-corrected chi connectivity index (χ0v) is 17.3. The smallest absolute Gasteiger partial charge is 0.475 e. The summed E-state index contributed by atoms with van der Waals surface area (Å²) in [6, 6.07) is 13.5. The molecule has 1 atom stereocenters. The first-order chi connectivity index (χ1) is 15.0. The van der Waals surface area contributed by atoms with Crippen LogP contribution in [-0.2, 0) is 24.1 Å². The van der Waals surface area contributed by atoms with E-state index < -0.39 is 13.1 Å². The summed E-state index contributed by atoms with van der Waals surface area (Å²) < 4.78 is 11.5. The molecule has 1 amide bonds. The SMILES string of the molecule is O=C(Cc1ccc2c(c1)OCC1(CCC1)C2)N[C@@H](Cc1coc2ccccc12)B(O)O. The van der Waals surface area contributed by atoms with E-state index in [1.807, 2.05) is 36.4 Å². The minimum Gasteiger partial charge on any atom is -0.493 e. The number of amides is 1. The van der Waals surface area contributed by atoms with E-state index in [2.05, 4.69) is 11.4 Å². The molecule has 1 saturated carbocycles. The van der Waals surface area contributed by atoms with Crippen molar-refractivity contribution in [1.29, 1.82) is 0 Å². The van der Waals surface area contributed by atoms with Crippen molar-refractivity contribution < 1.29 is 24.0 Å². The molecule has 0 bridgehead atoms. The fourth-order valence-corrected chi connectivity index (χ4v) is 4.78. The summed E-state index contributed by atoms with van der Waals surface area (Å²) in [6.07, 6.45) is 6.80. The first-order valence-corrected chi connectivity index (χ1v) is 10.9. The highest BCUT2D eigenvalue weighted by Crippen LogP contribution is 2.48. The summed E-state index contributed by atoms with van der Waals surface area (Å²) in [6.45, 7) is 0.757. The third-order valence-electron chi connectivity index (χ3n) is 6.72. The lowest BCUT2D eigenvalue weighted by Gasteiger charge is -2.44. The number of furan rings is 1. The highest BCUT2D eigenvalue weighted by atomic mass is 16.5. The van der Waals surface area contributed by atoms with Crippen LogP contribution in [0.2, 0.25) is 0 Å². The summed E-state index contributed by atoms with van der Waals surface area (Å²) in [5.41, 5.74) is 3.94. The Morgan fingerprint density at radius 1 is 1.19 bits per heavy atom. The van der Waals surface area contributed by atoms with Gasteiger partial charge in [0.2, 0.25) is 5.91 Å². The molecule has 160 valence electrons. The normalized spacial score (nSPS) is 17.5. The van der Waals surface area contributed by atoms with Crippen LogP contribution in [0.15, 0.2) is 53.1 Å². The lowest BCUT2D eigenvalue weighted by Crippen LogP contribution is -2.48. The monoisotopic (exact) mass is 419 g/mol. The van der Waals surface area contributed by atoms with Gasteiger partial charge in [-0.25, -0.2) is 0 Å². The van der Waals surface area contributed by atoms with E-state index in [1.165, 1.54) is 24.8 Å². The van der Waals surface area contributed by atoms with Crippen molar-refractivity contribution in [3.05, 3.63) is 65.4 Å². The molecule has 3 N–H and O–H groups in total. The number of nitrogens with one attached hydrogen (secondary N) is 1. The summed E-state index contributed by atoms with van der Waals surface area (Å²) in [4.78, 5) is 12.6. The standard InChI is InChI=1S/C24H26BNO5/c27-23(11-16-6-7-17-13-24(8-3-9-24)15-31-21(17)10-16)26-22(25(28)29)12-18-14-30-20-5-2-1-4-19(18)20/h1-2,4-7,10,14,22,28-29H,3,8-9,11-13,15H2,(H,26,27)/t22-/m0/s1. The minimum atomic E-state index is -1.68. The summed E-state index contributed by atoms with van der Waals surface area (Å²) in [7, 11) is -1.68. The molecule has 2 aromatic carbocycles. The number of carbonyl (C=O) groups excluding carboxylic acids is 1. The summed E-state index contributed by atoms with van der Waals surface area (Å²) in [5, 5.41) is 23.3. The molecule has 5 rings (SSSR count). The molecule has 2 heterocycles. The Bertz CT molecular complexity index is 1100. The Hall–Kier alpha value is -2.77. The van der Waals surface area contributed by atoms with Crippen molar-refractivity contribution in [2.75, 3.05) is 6.61 Å². The fraction of sp³-hybridized carbons (Fsp3) is 0.375. The average Bonchev–Trinajstić information content (AvgIpc) is 3.14. The molecular weight excluding hydrogens is 393 g/mol. The summed E-state index contributed by atoms with van der Waals surface area (Å²) >= 11 is 0. The van der Waals surface area contributed by atoms with E-state index in [1.54, 1.807) is 6.26 Å². The molecule has 1 aliphatic carbocycles. The second-order valence-corrected chi connectivity index (χ2v) is 8.99. The van der Waals surface area contributed by atoms with Gasteiger partial charge in [0.05, 0.1) is 25.2 Å². The molecular formula is C24H26BNO5. The van der Waals surface area contributed by atoms with Crippen molar-refractivity contribution in [2.24, 2.45) is 5.41 Å².